The lowest BCUT2D eigenvalue weighted by atomic mass is 10.0. The minimum Gasteiger partial charge on any atom is -0.491 e. The lowest BCUT2D eigenvalue weighted by Crippen LogP contribution is -1.95. The van der Waals surface area contributed by atoms with Gasteiger partial charge in [-0.25, -0.2) is 4.79 Å². The third-order valence-electron chi connectivity index (χ3n) is 2.49. The average Bonchev–Trinajstić information content (AvgIpc) is 2.41. The molecule has 0 saturated carbocycles. The average molecular weight is 273 g/mol. The summed E-state index contributed by atoms with van der Waals surface area (Å²) in [4.78, 5) is 10.8. The molecule has 1 N–H and O–H groups in total. The quantitative estimate of drug-likeness (QED) is 0.794. The molecule has 0 saturated heterocycles. The minimum atomic E-state index is -0.982. The molecule has 1 aliphatic rings. The van der Waals surface area contributed by atoms with Gasteiger partial charge in [0.25, 0.3) is 0 Å². The molecular formula is C12H10Cl2O3. The molecule has 0 fully saturated rings. The number of halogens is 2. The summed E-state index contributed by atoms with van der Waals surface area (Å²) < 4.78 is 5.52. The molecule has 5 heteroatoms. The Morgan fingerprint density at radius 1 is 1.41 bits per heavy atom. The summed E-state index contributed by atoms with van der Waals surface area (Å²) in [6, 6.07) is 3.27. The number of carboxylic acids is 1. The Kier molecular flexibility index (Phi) is 3.60. The van der Waals surface area contributed by atoms with Crippen molar-refractivity contribution in [3.63, 3.8) is 0 Å². The molecule has 17 heavy (non-hydrogen) atoms. The molecule has 1 aromatic carbocycles. The van der Waals surface area contributed by atoms with Crippen molar-refractivity contribution in [1.82, 2.24) is 0 Å². The van der Waals surface area contributed by atoms with E-state index in [0.29, 0.717) is 40.0 Å². The molecule has 0 unspecified atom stereocenters. The van der Waals surface area contributed by atoms with Crippen molar-refractivity contribution in [3.8, 4) is 5.75 Å². The maximum Gasteiger partial charge on any atom is 0.328 e. The highest BCUT2D eigenvalue weighted by molar-refractivity contribution is 6.36. The van der Waals surface area contributed by atoms with E-state index >= 15 is 0 Å². The first-order chi connectivity index (χ1) is 8.08. The fraction of sp³-hybridized carbons (Fsp3) is 0.250. The molecule has 90 valence electrons. The van der Waals surface area contributed by atoms with Crippen molar-refractivity contribution in [2.75, 3.05) is 6.61 Å². The van der Waals surface area contributed by atoms with Crippen LogP contribution in [0.4, 0.5) is 0 Å². The van der Waals surface area contributed by atoms with Crippen LogP contribution < -0.4 is 4.74 Å². The Hall–Kier alpha value is -1.19. The predicted molar refractivity (Wildman–Crippen MR) is 66.8 cm³/mol. The van der Waals surface area contributed by atoms with Crippen molar-refractivity contribution < 1.29 is 14.6 Å². The fourth-order valence-electron chi connectivity index (χ4n) is 1.82. The second-order valence-electron chi connectivity index (χ2n) is 3.72. The molecular weight excluding hydrogens is 263 g/mol. The lowest BCUT2D eigenvalue weighted by molar-refractivity contribution is -0.131. The molecule has 0 bridgehead atoms. The normalized spacial score (nSPS) is 17.2. The number of benzene rings is 1. The summed E-state index contributed by atoms with van der Waals surface area (Å²) in [5.74, 6) is -0.468. The second-order valence-corrected chi connectivity index (χ2v) is 4.57. The Labute approximate surface area is 109 Å². The van der Waals surface area contributed by atoms with Crippen LogP contribution in [-0.4, -0.2) is 17.7 Å². The summed E-state index contributed by atoms with van der Waals surface area (Å²) in [7, 11) is 0. The van der Waals surface area contributed by atoms with Crippen LogP contribution in [0.25, 0.3) is 5.57 Å². The number of hydrogen-bond donors (Lipinski definition) is 1. The van der Waals surface area contributed by atoms with Crippen LogP contribution in [0, 0.1) is 0 Å². The number of carbonyl (C=O) groups is 1. The van der Waals surface area contributed by atoms with Gasteiger partial charge in [0.1, 0.15) is 5.75 Å². The van der Waals surface area contributed by atoms with Crippen molar-refractivity contribution in [2.24, 2.45) is 0 Å². The number of allylic oxidation sites excluding steroid dienone is 1. The standard InChI is InChI=1S/C12H10Cl2O3/c13-8-5-9-7(4-11(15)16)2-1-3-17-12(9)10(14)6-8/h4-6H,1-3H2,(H,15,16)/b7-4+. The van der Waals surface area contributed by atoms with Gasteiger partial charge in [-0.1, -0.05) is 23.2 Å². The molecule has 0 radical (unpaired) electrons. The van der Waals surface area contributed by atoms with Crippen molar-refractivity contribution in [2.45, 2.75) is 12.8 Å². The number of hydrogen-bond acceptors (Lipinski definition) is 2. The van der Waals surface area contributed by atoms with E-state index in [9.17, 15) is 4.79 Å². The van der Waals surface area contributed by atoms with Crippen LogP contribution in [-0.2, 0) is 4.79 Å². The first-order valence-corrected chi connectivity index (χ1v) is 5.89. The van der Waals surface area contributed by atoms with Gasteiger partial charge in [0.15, 0.2) is 0 Å². The molecule has 0 amide bonds. The van der Waals surface area contributed by atoms with E-state index in [2.05, 4.69) is 0 Å². The maximum absolute atomic E-state index is 10.8. The van der Waals surface area contributed by atoms with Crippen LogP contribution >= 0.6 is 23.2 Å². The lowest BCUT2D eigenvalue weighted by Gasteiger charge is -2.10. The third-order valence-corrected chi connectivity index (χ3v) is 2.99. The third kappa shape index (κ3) is 2.73. The highest BCUT2D eigenvalue weighted by Crippen LogP contribution is 2.39. The predicted octanol–water partition coefficient (Wildman–Crippen LogP) is 3.63. The first-order valence-electron chi connectivity index (χ1n) is 5.13. The van der Waals surface area contributed by atoms with Gasteiger partial charge in [-0.15, -0.1) is 0 Å². The van der Waals surface area contributed by atoms with Gasteiger partial charge in [0, 0.05) is 16.7 Å². The van der Waals surface area contributed by atoms with Gasteiger partial charge in [0.05, 0.1) is 11.6 Å². The molecule has 0 spiro atoms. The second kappa shape index (κ2) is 4.98. The summed E-state index contributed by atoms with van der Waals surface area (Å²) >= 11 is 12.0. The van der Waals surface area contributed by atoms with E-state index in [1.54, 1.807) is 12.1 Å². The van der Waals surface area contributed by atoms with E-state index in [1.807, 2.05) is 0 Å². The fourth-order valence-corrected chi connectivity index (χ4v) is 2.36. The van der Waals surface area contributed by atoms with Crippen LogP contribution in [0.5, 0.6) is 5.75 Å². The molecule has 1 aromatic rings. The summed E-state index contributed by atoms with van der Waals surface area (Å²) in [5.41, 5.74) is 1.36. The van der Waals surface area contributed by atoms with Crippen molar-refractivity contribution in [1.29, 1.82) is 0 Å². The maximum atomic E-state index is 10.8. The Morgan fingerprint density at radius 3 is 2.88 bits per heavy atom. The van der Waals surface area contributed by atoms with E-state index in [4.69, 9.17) is 33.0 Å². The van der Waals surface area contributed by atoms with Crippen LogP contribution in [0.2, 0.25) is 10.0 Å². The zero-order valence-corrected chi connectivity index (χ0v) is 10.4. The number of carboxylic acid groups (broad SMARTS) is 1. The number of rotatable bonds is 1. The van der Waals surface area contributed by atoms with Crippen LogP contribution in [0.1, 0.15) is 18.4 Å². The van der Waals surface area contributed by atoms with E-state index in [1.165, 1.54) is 6.08 Å². The topological polar surface area (TPSA) is 46.5 Å². The van der Waals surface area contributed by atoms with Crippen molar-refractivity contribution in [3.05, 3.63) is 33.8 Å². The first kappa shape index (κ1) is 12.3. The molecule has 3 nitrogen and oxygen atoms in total. The van der Waals surface area contributed by atoms with Gasteiger partial charge in [-0.05, 0) is 30.5 Å². The zero-order chi connectivity index (χ0) is 12.4. The van der Waals surface area contributed by atoms with E-state index in [0.717, 1.165) is 6.42 Å². The molecule has 0 aromatic heterocycles. The summed E-state index contributed by atoms with van der Waals surface area (Å²) in [6.07, 6.45) is 2.57. The van der Waals surface area contributed by atoms with Gasteiger partial charge in [0.2, 0.25) is 0 Å². The number of fused-ring (bicyclic) bond motifs is 1. The van der Waals surface area contributed by atoms with Gasteiger partial charge < -0.3 is 9.84 Å². The Bertz CT molecular complexity index is 495. The summed E-state index contributed by atoms with van der Waals surface area (Å²) in [6.45, 7) is 0.519. The highest BCUT2D eigenvalue weighted by Gasteiger charge is 2.18. The Morgan fingerprint density at radius 2 is 2.18 bits per heavy atom. The SMILES string of the molecule is O=C(O)/C=C1\CCCOc2c(Cl)cc(Cl)cc21. The molecule has 0 atom stereocenters. The summed E-state index contributed by atoms with van der Waals surface area (Å²) in [5, 5.41) is 9.71. The Balaban J connectivity index is 2.59. The van der Waals surface area contributed by atoms with Gasteiger partial charge >= 0.3 is 5.97 Å². The van der Waals surface area contributed by atoms with Crippen molar-refractivity contribution >= 4 is 34.7 Å². The molecule has 0 aliphatic carbocycles. The van der Waals surface area contributed by atoms with Gasteiger partial charge in [-0.3, -0.25) is 0 Å². The monoisotopic (exact) mass is 272 g/mol. The number of ether oxygens (including phenoxy) is 1. The molecule has 2 rings (SSSR count). The zero-order valence-electron chi connectivity index (χ0n) is 8.87. The van der Waals surface area contributed by atoms with E-state index in [-0.39, 0.29) is 0 Å². The van der Waals surface area contributed by atoms with Gasteiger partial charge in [-0.2, -0.15) is 0 Å². The number of aliphatic carboxylic acids is 1. The molecule has 1 heterocycles. The van der Waals surface area contributed by atoms with Crippen LogP contribution in [0.15, 0.2) is 18.2 Å². The minimum absolute atomic E-state index is 0.408. The largest absolute Gasteiger partial charge is 0.491 e. The highest BCUT2D eigenvalue weighted by atomic mass is 35.5. The smallest absolute Gasteiger partial charge is 0.328 e. The van der Waals surface area contributed by atoms with Crippen LogP contribution in [0.3, 0.4) is 0 Å². The van der Waals surface area contributed by atoms with E-state index < -0.39 is 5.97 Å². The molecule has 1 aliphatic heterocycles.